The quantitative estimate of drug-likeness (QED) is 0.647. The third-order valence-corrected chi connectivity index (χ3v) is 2.69. The molecule has 0 fully saturated rings. The fraction of sp³-hybridized carbons (Fsp3) is 0.333. The second-order valence-corrected chi connectivity index (χ2v) is 5.55. The van der Waals surface area contributed by atoms with Gasteiger partial charge in [0.1, 0.15) is 5.60 Å². The molecule has 1 aromatic carbocycles. The lowest BCUT2D eigenvalue weighted by atomic mass is 10.1. The maximum Gasteiger partial charge on any atom is 0.341 e. The van der Waals surface area contributed by atoms with Gasteiger partial charge in [-0.05, 0) is 48.8 Å². The van der Waals surface area contributed by atoms with Gasteiger partial charge in [0.25, 0.3) is 0 Å². The summed E-state index contributed by atoms with van der Waals surface area (Å²) >= 11 is 3.16. The molecule has 0 unspecified atom stereocenters. The molecule has 1 rings (SSSR count). The molecule has 0 aliphatic heterocycles. The highest BCUT2D eigenvalue weighted by molar-refractivity contribution is 9.10. The van der Waals surface area contributed by atoms with Crippen molar-refractivity contribution >= 4 is 33.6 Å². The molecule has 0 saturated heterocycles. The predicted octanol–water partition coefficient (Wildman–Crippen LogP) is 2.68. The van der Waals surface area contributed by atoms with Crippen molar-refractivity contribution in [3.8, 4) is 0 Å². The van der Waals surface area contributed by atoms with Gasteiger partial charge in [-0.25, -0.2) is 9.59 Å². The van der Waals surface area contributed by atoms with Crippen molar-refractivity contribution in [2.45, 2.75) is 26.4 Å². The Morgan fingerprint density at radius 3 is 2.33 bits per heavy atom. The predicted molar refractivity (Wildman–Crippen MR) is 70.7 cm³/mol. The van der Waals surface area contributed by atoms with Gasteiger partial charge >= 0.3 is 11.9 Å². The highest BCUT2D eigenvalue weighted by atomic mass is 79.9. The average molecular weight is 316 g/mol. The van der Waals surface area contributed by atoms with E-state index >= 15 is 0 Å². The topological polar surface area (TPSA) is 89.6 Å². The summed E-state index contributed by atoms with van der Waals surface area (Å²) in [6, 6.07) is 2.79. The van der Waals surface area contributed by atoms with Crippen molar-refractivity contribution in [1.29, 1.82) is 0 Å². The highest BCUT2D eigenvalue weighted by Crippen LogP contribution is 2.28. The van der Waals surface area contributed by atoms with Gasteiger partial charge in [-0.15, -0.1) is 0 Å². The molecule has 0 spiro atoms. The Morgan fingerprint density at radius 2 is 1.89 bits per heavy atom. The zero-order valence-electron chi connectivity index (χ0n) is 10.3. The van der Waals surface area contributed by atoms with Crippen LogP contribution in [0.15, 0.2) is 16.6 Å². The number of nitrogen functional groups attached to an aromatic ring is 1. The summed E-state index contributed by atoms with van der Waals surface area (Å²) in [5.74, 6) is -1.85. The van der Waals surface area contributed by atoms with Crippen LogP contribution in [0.25, 0.3) is 0 Å². The van der Waals surface area contributed by atoms with Crippen LogP contribution in [0, 0.1) is 0 Å². The molecule has 98 valence electrons. The van der Waals surface area contributed by atoms with E-state index in [-0.39, 0.29) is 16.8 Å². The van der Waals surface area contributed by atoms with Crippen LogP contribution in [-0.2, 0) is 4.74 Å². The van der Waals surface area contributed by atoms with Crippen molar-refractivity contribution in [1.82, 2.24) is 0 Å². The Bertz CT molecular complexity index is 506. The molecular weight excluding hydrogens is 302 g/mol. The number of rotatable bonds is 2. The molecule has 0 aliphatic rings. The lowest BCUT2D eigenvalue weighted by Crippen LogP contribution is -2.25. The van der Waals surface area contributed by atoms with Gasteiger partial charge in [-0.3, -0.25) is 0 Å². The largest absolute Gasteiger partial charge is 0.478 e. The second kappa shape index (κ2) is 4.97. The van der Waals surface area contributed by atoms with E-state index in [0.29, 0.717) is 4.47 Å². The number of carbonyl (C=O) groups is 2. The van der Waals surface area contributed by atoms with Crippen LogP contribution >= 0.6 is 15.9 Å². The first-order valence-corrected chi connectivity index (χ1v) is 5.97. The smallest absolute Gasteiger partial charge is 0.341 e. The van der Waals surface area contributed by atoms with E-state index in [1.54, 1.807) is 20.8 Å². The molecule has 0 bridgehead atoms. The maximum absolute atomic E-state index is 12.0. The normalized spacial score (nSPS) is 11.1. The first kappa shape index (κ1) is 14.5. The lowest BCUT2D eigenvalue weighted by molar-refractivity contribution is 0.00697. The number of carboxylic acid groups (broad SMARTS) is 1. The molecule has 0 aliphatic carbocycles. The molecule has 0 heterocycles. The van der Waals surface area contributed by atoms with Crippen LogP contribution in [0.3, 0.4) is 0 Å². The minimum Gasteiger partial charge on any atom is -0.478 e. The monoisotopic (exact) mass is 315 g/mol. The number of carboxylic acids is 1. The molecule has 5 nitrogen and oxygen atoms in total. The molecule has 0 aromatic heterocycles. The minimum absolute atomic E-state index is 0.0322. The van der Waals surface area contributed by atoms with Gasteiger partial charge in [0.2, 0.25) is 0 Å². The Labute approximate surface area is 113 Å². The summed E-state index contributed by atoms with van der Waals surface area (Å²) in [5, 5.41) is 8.95. The van der Waals surface area contributed by atoms with E-state index < -0.39 is 17.5 Å². The van der Waals surface area contributed by atoms with E-state index in [1.165, 1.54) is 12.1 Å². The number of aromatic carboxylic acids is 1. The van der Waals surface area contributed by atoms with Gasteiger partial charge in [0, 0.05) is 4.47 Å². The van der Waals surface area contributed by atoms with Crippen LogP contribution in [0.2, 0.25) is 0 Å². The van der Waals surface area contributed by atoms with Gasteiger partial charge in [-0.2, -0.15) is 0 Å². The van der Waals surface area contributed by atoms with E-state index in [1.807, 2.05) is 0 Å². The number of anilines is 1. The Hall–Kier alpha value is -1.56. The fourth-order valence-electron chi connectivity index (χ4n) is 1.32. The van der Waals surface area contributed by atoms with Crippen molar-refractivity contribution in [3.05, 3.63) is 27.7 Å². The summed E-state index contributed by atoms with van der Waals surface area (Å²) in [7, 11) is 0. The highest BCUT2D eigenvalue weighted by Gasteiger charge is 2.24. The van der Waals surface area contributed by atoms with Crippen LogP contribution < -0.4 is 5.73 Å². The van der Waals surface area contributed by atoms with Crippen molar-refractivity contribution in [2.75, 3.05) is 5.73 Å². The summed E-state index contributed by atoms with van der Waals surface area (Å²) < 4.78 is 5.58. The lowest BCUT2D eigenvalue weighted by Gasteiger charge is -2.20. The first-order valence-electron chi connectivity index (χ1n) is 5.18. The van der Waals surface area contributed by atoms with Crippen LogP contribution in [0.5, 0.6) is 0 Å². The van der Waals surface area contributed by atoms with Gasteiger partial charge < -0.3 is 15.6 Å². The number of esters is 1. The fourth-order valence-corrected chi connectivity index (χ4v) is 1.82. The number of hydrogen-bond acceptors (Lipinski definition) is 4. The van der Waals surface area contributed by atoms with Crippen molar-refractivity contribution in [2.24, 2.45) is 0 Å². The maximum atomic E-state index is 12.0. The molecule has 1 aromatic rings. The van der Waals surface area contributed by atoms with E-state index in [0.717, 1.165) is 0 Å². The molecule has 0 radical (unpaired) electrons. The van der Waals surface area contributed by atoms with Crippen LogP contribution in [0.4, 0.5) is 5.69 Å². The Kier molecular flexibility index (Phi) is 4.01. The number of nitrogens with two attached hydrogens (primary N) is 1. The minimum atomic E-state index is -1.19. The molecule has 0 saturated carbocycles. The zero-order chi connectivity index (χ0) is 14.1. The Balaban J connectivity index is 3.28. The van der Waals surface area contributed by atoms with Gasteiger partial charge in [0.05, 0.1) is 16.8 Å². The van der Waals surface area contributed by atoms with Crippen LogP contribution in [-0.4, -0.2) is 22.6 Å². The third-order valence-electron chi connectivity index (χ3n) is 2.03. The third kappa shape index (κ3) is 3.22. The van der Waals surface area contributed by atoms with E-state index in [4.69, 9.17) is 15.6 Å². The molecule has 18 heavy (non-hydrogen) atoms. The standard InChI is InChI=1S/C12H14BrNO4/c1-12(2,3)18-11(17)8-7(13)5-4-6(9(8)14)10(15)16/h4-5H,14H2,1-3H3,(H,15,16). The summed E-state index contributed by atoms with van der Waals surface area (Å²) in [5.41, 5.74) is 4.82. The number of hydrogen-bond donors (Lipinski definition) is 2. The van der Waals surface area contributed by atoms with E-state index in [2.05, 4.69) is 15.9 Å². The van der Waals surface area contributed by atoms with E-state index in [9.17, 15) is 9.59 Å². The van der Waals surface area contributed by atoms with Gasteiger partial charge in [-0.1, -0.05) is 0 Å². The molecule has 3 N–H and O–H groups in total. The SMILES string of the molecule is CC(C)(C)OC(=O)c1c(Br)ccc(C(=O)O)c1N. The molecular formula is C12H14BrNO4. The molecule has 0 atom stereocenters. The molecule has 6 heteroatoms. The number of ether oxygens (including phenoxy) is 1. The Morgan fingerprint density at radius 1 is 1.33 bits per heavy atom. The second-order valence-electron chi connectivity index (χ2n) is 4.69. The zero-order valence-corrected chi connectivity index (χ0v) is 11.9. The average Bonchev–Trinajstić information content (AvgIpc) is 2.13. The van der Waals surface area contributed by atoms with Gasteiger partial charge in [0.15, 0.2) is 0 Å². The number of benzene rings is 1. The first-order chi connectivity index (χ1) is 8.13. The van der Waals surface area contributed by atoms with Crippen LogP contribution in [0.1, 0.15) is 41.5 Å². The molecule has 0 amide bonds. The number of halogens is 1. The van der Waals surface area contributed by atoms with Crippen molar-refractivity contribution < 1.29 is 19.4 Å². The number of carbonyl (C=O) groups excluding carboxylic acids is 1. The summed E-state index contributed by atoms with van der Waals surface area (Å²) in [6.45, 7) is 5.15. The summed E-state index contributed by atoms with van der Waals surface area (Å²) in [6.07, 6.45) is 0. The van der Waals surface area contributed by atoms with Crippen molar-refractivity contribution in [3.63, 3.8) is 0 Å². The summed E-state index contributed by atoms with van der Waals surface area (Å²) in [4.78, 5) is 22.9.